The maximum atomic E-state index is 11.2. The van der Waals surface area contributed by atoms with Crippen LogP contribution in [0, 0.1) is 17.8 Å². The van der Waals surface area contributed by atoms with E-state index in [1.165, 1.54) is 5.92 Å². The molecule has 2 unspecified atom stereocenters. The number of fused-ring (bicyclic) bond motifs is 2. The Morgan fingerprint density at radius 1 is 1.64 bits per heavy atom. The van der Waals surface area contributed by atoms with Crippen molar-refractivity contribution in [1.29, 1.82) is 0 Å². The third-order valence-corrected chi connectivity index (χ3v) is 2.81. The first kappa shape index (κ1) is 6.84. The highest BCUT2D eigenvalue weighted by atomic mass is 16.3. The molecule has 0 aliphatic heterocycles. The SMILES string of the molecule is CC([O-])=C1[C-](C)C2C=CC1C2. The van der Waals surface area contributed by atoms with Crippen LogP contribution in [0.25, 0.3) is 0 Å². The van der Waals surface area contributed by atoms with E-state index in [1.54, 1.807) is 6.92 Å². The van der Waals surface area contributed by atoms with E-state index in [4.69, 9.17) is 0 Å². The third-order valence-electron chi connectivity index (χ3n) is 2.81. The monoisotopic (exact) mass is 148 g/mol. The third kappa shape index (κ3) is 0.802. The molecule has 2 bridgehead atoms. The fraction of sp³-hybridized carbons (Fsp3) is 0.500. The average molecular weight is 148 g/mol. The van der Waals surface area contributed by atoms with Crippen LogP contribution in [-0.4, -0.2) is 0 Å². The summed E-state index contributed by atoms with van der Waals surface area (Å²) in [4.78, 5) is 0. The van der Waals surface area contributed by atoms with Gasteiger partial charge in [0.05, 0.1) is 0 Å². The number of hydrogen-bond acceptors (Lipinski definition) is 1. The Morgan fingerprint density at radius 3 is 2.73 bits per heavy atom. The molecule has 0 saturated heterocycles. The van der Waals surface area contributed by atoms with Crippen LogP contribution in [0.3, 0.4) is 0 Å². The summed E-state index contributed by atoms with van der Waals surface area (Å²) in [5.74, 6) is 2.61. The van der Waals surface area contributed by atoms with Crippen LogP contribution in [0.2, 0.25) is 0 Å². The van der Waals surface area contributed by atoms with Gasteiger partial charge < -0.3 is 10.9 Å². The second-order valence-electron chi connectivity index (χ2n) is 3.49. The zero-order chi connectivity index (χ0) is 8.01. The molecule has 0 aromatic carbocycles. The molecule has 2 aliphatic carbocycles. The van der Waals surface area contributed by atoms with Crippen LogP contribution in [0.15, 0.2) is 23.5 Å². The predicted octanol–water partition coefficient (Wildman–Crippen LogP) is 1.42. The van der Waals surface area contributed by atoms with Gasteiger partial charge in [0.25, 0.3) is 0 Å². The van der Waals surface area contributed by atoms with Gasteiger partial charge in [-0.05, 0) is 5.92 Å². The molecule has 0 N–H and O–H groups in total. The quantitative estimate of drug-likeness (QED) is 0.289. The summed E-state index contributed by atoms with van der Waals surface area (Å²) in [6.45, 7) is 3.76. The Labute approximate surface area is 67.4 Å². The van der Waals surface area contributed by atoms with Gasteiger partial charge in [0.1, 0.15) is 0 Å². The van der Waals surface area contributed by atoms with E-state index in [2.05, 4.69) is 19.1 Å². The van der Waals surface area contributed by atoms with Crippen molar-refractivity contribution in [1.82, 2.24) is 0 Å². The van der Waals surface area contributed by atoms with Crippen LogP contribution in [0.4, 0.5) is 0 Å². The first-order valence-corrected chi connectivity index (χ1v) is 4.10. The van der Waals surface area contributed by atoms with Crippen molar-refractivity contribution in [3.63, 3.8) is 0 Å². The van der Waals surface area contributed by atoms with Crippen molar-refractivity contribution in [2.75, 3.05) is 0 Å². The smallest absolute Gasteiger partial charge is 0.0325 e. The lowest BCUT2D eigenvalue weighted by atomic mass is 9.89. The van der Waals surface area contributed by atoms with Crippen molar-refractivity contribution in [3.8, 4) is 0 Å². The van der Waals surface area contributed by atoms with Crippen molar-refractivity contribution in [3.05, 3.63) is 29.4 Å². The number of rotatable bonds is 0. The van der Waals surface area contributed by atoms with E-state index in [0.717, 1.165) is 12.0 Å². The Bertz CT molecular complexity index is 233. The lowest BCUT2D eigenvalue weighted by Crippen LogP contribution is -2.12. The minimum absolute atomic E-state index is 0.263. The summed E-state index contributed by atoms with van der Waals surface area (Å²) in [5, 5.41) is 11.2. The fourth-order valence-electron chi connectivity index (χ4n) is 2.27. The van der Waals surface area contributed by atoms with Gasteiger partial charge in [0.2, 0.25) is 0 Å². The molecule has 1 saturated carbocycles. The Hall–Kier alpha value is -0.850. The molecule has 2 rings (SSSR count). The number of hydrogen-bond donors (Lipinski definition) is 0. The topological polar surface area (TPSA) is 23.1 Å². The van der Waals surface area contributed by atoms with E-state index in [1.807, 2.05) is 0 Å². The molecule has 60 valence electrons. The van der Waals surface area contributed by atoms with Gasteiger partial charge >= 0.3 is 0 Å². The predicted molar refractivity (Wildman–Crippen MR) is 42.4 cm³/mol. The molecule has 0 radical (unpaired) electrons. The van der Waals surface area contributed by atoms with E-state index in [0.29, 0.717) is 11.8 Å². The Balaban J connectivity index is 2.40. The molecule has 1 heteroatoms. The van der Waals surface area contributed by atoms with Crippen LogP contribution in [0.5, 0.6) is 0 Å². The minimum Gasteiger partial charge on any atom is -0.957 e. The van der Waals surface area contributed by atoms with Crippen molar-refractivity contribution in [2.45, 2.75) is 20.3 Å². The zero-order valence-electron chi connectivity index (χ0n) is 6.92. The summed E-state index contributed by atoms with van der Waals surface area (Å²) >= 11 is 0. The van der Waals surface area contributed by atoms with E-state index >= 15 is 0 Å². The molecule has 0 aromatic rings. The second-order valence-corrected chi connectivity index (χ2v) is 3.49. The summed E-state index contributed by atoms with van der Waals surface area (Å²) in [6, 6.07) is 0. The maximum Gasteiger partial charge on any atom is -0.0325 e. The molecular formula is C10H12O-2. The highest BCUT2D eigenvalue weighted by Crippen LogP contribution is 2.49. The van der Waals surface area contributed by atoms with E-state index < -0.39 is 0 Å². The second kappa shape index (κ2) is 2.07. The van der Waals surface area contributed by atoms with E-state index in [-0.39, 0.29) is 5.76 Å². The molecule has 0 aromatic heterocycles. The molecule has 1 nitrogen and oxygen atoms in total. The van der Waals surface area contributed by atoms with Gasteiger partial charge in [-0.3, -0.25) is 0 Å². The number of allylic oxidation sites excluding steroid dienone is 4. The van der Waals surface area contributed by atoms with Gasteiger partial charge in [0, 0.05) is 0 Å². The van der Waals surface area contributed by atoms with Crippen LogP contribution < -0.4 is 5.11 Å². The summed E-state index contributed by atoms with van der Waals surface area (Å²) in [6.07, 6.45) is 5.56. The standard InChI is InChI=1S/C10H13O/c1-6-8-3-4-9(5-8)10(6)7(2)11/h3-4,8-9,11H,5H2,1-2H3/q-1/p-1. The maximum absolute atomic E-state index is 11.2. The molecule has 2 atom stereocenters. The lowest BCUT2D eigenvalue weighted by Gasteiger charge is -2.34. The highest BCUT2D eigenvalue weighted by molar-refractivity contribution is 5.43. The van der Waals surface area contributed by atoms with Gasteiger partial charge in [-0.25, -0.2) is 11.5 Å². The zero-order valence-corrected chi connectivity index (χ0v) is 6.92. The summed E-state index contributed by atoms with van der Waals surface area (Å²) < 4.78 is 0. The molecule has 11 heavy (non-hydrogen) atoms. The Morgan fingerprint density at radius 2 is 2.36 bits per heavy atom. The molecular weight excluding hydrogens is 136 g/mol. The van der Waals surface area contributed by atoms with Gasteiger partial charge in [-0.1, -0.05) is 24.5 Å². The van der Waals surface area contributed by atoms with E-state index in [9.17, 15) is 5.11 Å². The lowest BCUT2D eigenvalue weighted by molar-refractivity contribution is -0.303. The van der Waals surface area contributed by atoms with Crippen molar-refractivity contribution < 1.29 is 5.11 Å². The minimum atomic E-state index is 0.263. The first-order chi connectivity index (χ1) is 5.20. The van der Waals surface area contributed by atoms with Gasteiger partial charge in [-0.15, -0.1) is 13.8 Å². The van der Waals surface area contributed by atoms with Gasteiger partial charge in [0.15, 0.2) is 0 Å². The highest BCUT2D eigenvalue weighted by Gasteiger charge is 2.28. The van der Waals surface area contributed by atoms with Crippen LogP contribution >= 0.6 is 0 Å². The summed E-state index contributed by atoms with van der Waals surface area (Å²) in [5.41, 5.74) is 1.08. The average Bonchev–Trinajstić information content (AvgIpc) is 2.44. The summed E-state index contributed by atoms with van der Waals surface area (Å²) in [7, 11) is 0. The fourth-order valence-corrected chi connectivity index (χ4v) is 2.27. The largest absolute Gasteiger partial charge is 0.957 e. The first-order valence-electron chi connectivity index (χ1n) is 4.10. The molecule has 0 amide bonds. The van der Waals surface area contributed by atoms with Crippen molar-refractivity contribution >= 4 is 0 Å². The normalized spacial score (nSPS) is 38.5. The molecule has 2 aliphatic rings. The van der Waals surface area contributed by atoms with Gasteiger partial charge in [-0.2, -0.15) is 0 Å². The van der Waals surface area contributed by atoms with Crippen LogP contribution in [-0.2, 0) is 0 Å². The Kier molecular flexibility index (Phi) is 1.28. The van der Waals surface area contributed by atoms with Crippen molar-refractivity contribution in [2.24, 2.45) is 11.8 Å². The molecule has 1 fully saturated rings. The molecule has 0 heterocycles. The molecule has 0 spiro atoms. The van der Waals surface area contributed by atoms with Crippen LogP contribution in [0.1, 0.15) is 20.3 Å².